The minimum atomic E-state index is -0.193. The number of nitrogens with one attached hydrogen (secondary N) is 1. The Morgan fingerprint density at radius 2 is 1.71 bits per heavy atom. The number of H-pyrrole nitrogens is 1. The molecule has 1 N–H and O–H groups in total. The summed E-state index contributed by atoms with van der Waals surface area (Å²) < 4.78 is 0. The molecule has 0 radical (unpaired) electrons. The normalized spacial score (nSPS) is 28.1. The maximum absolute atomic E-state index is 12.3. The molecule has 2 aliphatic carbocycles. The highest BCUT2D eigenvalue weighted by Gasteiger charge is 2.44. The first kappa shape index (κ1) is 10.4. The van der Waals surface area contributed by atoms with Gasteiger partial charge in [-0.05, 0) is 26.7 Å². The number of imidazole rings is 1. The Kier molecular flexibility index (Phi) is 2.08. The van der Waals surface area contributed by atoms with E-state index in [0.29, 0.717) is 24.2 Å². The lowest BCUT2D eigenvalue weighted by atomic mass is 9.68. The molecule has 0 fully saturated rings. The van der Waals surface area contributed by atoms with E-state index in [1.165, 1.54) is 17.5 Å². The van der Waals surface area contributed by atoms with Crippen molar-refractivity contribution in [3.63, 3.8) is 0 Å². The van der Waals surface area contributed by atoms with Gasteiger partial charge < -0.3 is 4.98 Å². The number of ketones is 2. The molecule has 2 unspecified atom stereocenters. The summed E-state index contributed by atoms with van der Waals surface area (Å²) in [5.41, 5.74) is 3.23. The van der Waals surface area contributed by atoms with Gasteiger partial charge in [-0.15, -0.1) is 0 Å². The van der Waals surface area contributed by atoms with Crippen molar-refractivity contribution in [1.29, 1.82) is 0 Å². The summed E-state index contributed by atoms with van der Waals surface area (Å²) in [6.45, 7) is 4.09. The summed E-state index contributed by atoms with van der Waals surface area (Å²) in [7, 11) is 0. The quantitative estimate of drug-likeness (QED) is 0.694. The predicted molar refractivity (Wildman–Crippen MR) is 61.8 cm³/mol. The number of rotatable bonds is 0. The zero-order chi connectivity index (χ0) is 12.2. The summed E-state index contributed by atoms with van der Waals surface area (Å²) in [6.07, 6.45) is 2.85. The fourth-order valence-corrected chi connectivity index (χ4v) is 2.87. The van der Waals surface area contributed by atoms with Crippen LogP contribution in [-0.4, -0.2) is 21.5 Å². The van der Waals surface area contributed by atoms with Crippen LogP contribution in [0.5, 0.6) is 0 Å². The molecule has 4 nitrogen and oxygen atoms in total. The average Bonchev–Trinajstić information content (AvgIpc) is 2.78. The molecule has 0 bridgehead atoms. The number of aromatic nitrogens is 2. The maximum atomic E-state index is 12.3. The van der Waals surface area contributed by atoms with Crippen molar-refractivity contribution in [3.05, 3.63) is 28.9 Å². The third-order valence-electron chi connectivity index (χ3n) is 4.06. The monoisotopic (exact) mass is 230 g/mol. The fraction of sp³-hybridized carbons (Fsp3) is 0.462. The van der Waals surface area contributed by atoms with Gasteiger partial charge in [0.15, 0.2) is 11.6 Å². The van der Waals surface area contributed by atoms with E-state index in [9.17, 15) is 9.59 Å². The molecule has 0 spiro atoms. The molecule has 1 heterocycles. The molecule has 0 amide bonds. The summed E-state index contributed by atoms with van der Waals surface area (Å²) in [5.74, 6) is -0.298. The molecule has 88 valence electrons. The van der Waals surface area contributed by atoms with E-state index < -0.39 is 0 Å². The lowest BCUT2D eigenvalue weighted by Gasteiger charge is -2.33. The molecule has 2 atom stereocenters. The van der Waals surface area contributed by atoms with Gasteiger partial charge in [-0.2, -0.15) is 0 Å². The third kappa shape index (κ3) is 1.33. The van der Waals surface area contributed by atoms with E-state index in [4.69, 9.17) is 0 Å². The van der Waals surface area contributed by atoms with Gasteiger partial charge in [-0.25, -0.2) is 4.98 Å². The predicted octanol–water partition coefficient (Wildman–Crippen LogP) is 2.15. The molecule has 0 aliphatic heterocycles. The third-order valence-corrected chi connectivity index (χ3v) is 4.06. The molecule has 4 heteroatoms. The van der Waals surface area contributed by atoms with Crippen LogP contribution in [0.2, 0.25) is 0 Å². The Balaban J connectivity index is 2.10. The minimum absolute atomic E-state index is 0.0256. The van der Waals surface area contributed by atoms with Crippen molar-refractivity contribution in [2.24, 2.45) is 11.8 Å². The lowest BCUT2D eigenvalue weighted by Crippen LogP contribution is -2.39. The van der Waals surface area contributed by atoms with E-state index in [1.54, 1.807) is 0 Å². The molecule has 0 aromatic carbocycles. The first-order chi connectivity index (χ1) is 8.09. The highest BCUT2D eigenvalue weighted by Crippen LogP contribution is 2.40. The van der Waals surface area contributed by atoms with Gasteiger partial charge in [0, 0.05) is 11.8 Å². The van der Waals surface area contributed by atoms with Crippen LogP contribution in [-0.2, 0) is 0 Å². The Morgan fingerprint density at radius 1 is 1.12 bits per heavy atom. The minimum Gasteiger partial charge on any atom is -0.342 e. The van der Waals surface area contributed by atoms with Crippen molar-refractivity contribution in [2.45, 2.75) is 26.7 Å². The molecular weight excluding hydrogens is 216 g/mol. The first-order valence-corrected chi connectivity index (χ1v) is 5.86. The van der Waals surface area contributed by atoms with Crippen LogP contribution in [0, 0.1) is 11.8 Å². The number of allylic oxidation sites excluding steroid dienone is 2. The van der Waals surface area contributed by atoms with Crippen molar-refractivity contribution in [1.82, 2.24) is 9.97 Å². The first-order valence-electron chi connectivity index (χ1n) is 5.86. The molecule has 2 aliphatic rings. The number of fused-ring (bicyclic) bond motifs is 2. The summed E-state index contributed by atoms with van der Waals surface area (Å²) >= 11 is 0. The van der Waals surface area contributed by atoms with Crippen molar-refractivity contribution in [2.75, 3.05) is 0 Å². The van der Waals surface area contributed by atoms with Crippen molar-refractivity contribution < 1.29 is 9.59 Å². The van der Waals surface area contributed by atoms with E-state index in [2.05, 4.69) is 9.97 Å². The Labute approximate surface area is 99.1 Å². The topological polar surface area (TPSA) is 62.8 Å². The standard InChI is InChI=1S/C13H14N2O2/c1-6-3-8-9(4-7(6)2)13(17)11-10(12(8)16)14-5-15-11/h5,8-9H,3-4H2,1-2H3,(H,14,15). The second kappa shape index (κ2) is 3.39. The average molecular weight is 230 g/mol. The SMILES string of the molecule is CC1=C(C)CC2C(=O)c3[nH]cnc3C(=O)C2C1. The molecule has 3 rings (SSSR count). The van der Waals surface area contributed by atoms with Gasteiger partial charge in [-0.1, -0.05) is 11.1 Å². The zero-order valence-corrected chi connectivity index (χ0v) is 9.91. The van der Waals surface area contributed by atoms with Gasteiger partial charge >= 0.3 is 0 Å². The Bertz CT molecular complexity index is 507. The van der Waals surface area contributed by atoms with Gasteiger partial charge in [0.2, 0.25) is 0 Å². The van der Waals surface area contributed by atoms with E-state index >= 15 is 0 Å². The number of aromatic amines is 1. The smallest absolute Gasteiger partial charge is 0.187 e. The van der Waals surface area contributed by atoms with Crippen LogP contribution in [0.25, 0.3) is 0 Å². The summed E-state index contributed by atoms with van der Waals surface area (Å²) in [5, 5.41) is 0. The van der Waals surface area contributed by atoms with Crippen LogP contribution in [0.15, 0.2) is 17.5 Å². The number of nitrogens with zero attached hydrogens (tertiary/aromatic N) is 1. The van der Waals surface area contributed by atoms with Crippen LogP contribution in [0.4, 0.5) is 0 Å². The molecule has 0 saturated carbocycles. The van der Waals surface area contributed by atoms with Gasteiger partial charge in [-0.3, -0.25) is 9.59 Å². The zero-order valence-electron chi connectivity index (χ0n) is 9.91. The highest BCUT2D eigenvalue weighted by molar-refractivity contribution is 6.14. The van der Waals surface area contributed by atoms with Crippen LogP contribution < -0.4 is 0 Å². The molecule has 1 aromatic rings. The van der Waals surface area contributed by atoms with E-state index in [-0.39, 0.29) is 23.4 Å². The highest BCUT2D eigenvalue weighted by atomic mass is 16.1. The van der Waals surface area contributed by atoms with E-state index in [0.717, 1.165) is 0 Å². The van der Waals surface area contributed by atoms with Gasteiger partial charge in [0.05, 0.1) is 6.33 Å². The number of hydrogen-bond acceptors (Lipinski definition) is 3. The molecule has 1 aromatic heterocycles. The number of carbonyl (C=O) groups excluding carboxylic acids is 2. The fourth-order valence-electron chi connectivity index (χ4n) is 2.87. The molecule has 0 saturated heterocycles. The molecule has 17 heavy (non-hydrogen) atoms. The van der Waals surface area contributed by atoms with Crippen LogP contribution in [0.1, 0.15) is 47.7 Å². The van der Waals surface area contributed by atoms with Gasteiger partial charge in [0.25, 0.3) is 0 Å². The Morgan fingerprint density at radius 3 is 2.35 bits per heavy atom. The number of hydrogen-bond donors (Lipinski definition) is 1. The Hall–Kier alpha value is -1.71. The number of carbonyl (C=O) groups is 2. The second-order valence-electron chi connectivity index (χ2n) is 5.04. The van der Waals surface area contributed by atoms with Crippen LogP contribution in [0.3, 0.4) is 0 Å². The number of Topliss-reactive ketones (excluding diaryl/α,β-unsaturated/α-hetero) is 2. The maximum Gasteiger partial charge on any atom is 0.187 e. The second-order valence-corrected chi connectivity index (χ2v) is 5.04. The largest absolute Gasteiger partial charge is 0.342 e. The van der Waals surface area contributed by atoms with Crippen molar-refractivity contribution >= 4 is 11.6 Å². The van der Waals surface area contributed by atoms with Gasteiger partial charge in [0.1, 0.15) is 11.4 Å². The molecular formula is C13H14N2O2. The lowest BCUT2D eigenvalue weighted by molar-refractivity contribution is 0.0715. The van der Waals surface area contributed by atoms with E-state index in [1.807, 2.05) is 13.8 Å². The van der Waals surface area contributed by atoms with Crippen LogP contribution >= 0.6 is 0 Å². The summed E-state index contributed by atoms with van der Waals surface area (Å²) in [4.78, 5) is 31.3. The van der Waals surface area contributed by atoms with Crippen molar-refractivity contribution in [3.8, 4) is 0 Å². The summed E-state index contributed by atoms with van der Waals surface area (Å²) in [6, 6.07) is 0.